The van der Waals surface area contributed by atoms with E-state index < -0.39 is 18.0 Å². The van der Waals surface area contributed by atoms with Gasteiger partial charge in [0.15, 0.2) is 0 Å². The van der Waals surface area contributed by atoms with Gasteiger partial charge in [-0.25, -0.2) is 10.8 Å². The Kier molecular flexibility index (Phi) is 7.63. The molecule has 0 spiro atoms. The molecule has 0 saturated heterocycles. The number of nitrogens with two attached hydrogens (primary N) is 1. The number of ether oxygens (including phenoxy) is 1. The molecule has 4 rings (SSSR count). The smallest absolute Gasteiger partial charge is 0.471 e. The number of hydrogen-bond donors (Lipinski definition) is 3. The fourth-order valence-electron chi connectivity index (χ4n) is 3.62. The monoisotopic (exact) mass is 509 g/mol. The van der Waals surface area contributed by atoms with E-state index in [0.717, 1.165) is 16.7 Å². The number of nitrogen functional groups attached to an aromatic ring is 1. The van der Waals surface area contributed by atoms with E-state index in [9.17, 15) is 22.8 Å². The second kappa shape index (κ2) is 11.0. The van der Waals surface area contributed by atoms with Gasteiger partial charge >= 0.3 is 12.1 Å². The maximum atomic E-state index is 12.3. The molecule has 2 aromatic heterocycles. The molecule has 0 aliphatic carbocycles. The maximum Gasteiger partial charge on any atom is 0.471 e. The van der Waals surface area contributed by atoms with Gasteiger partial charge in [0.25, 0.3) is 5.91 Å². The van der Waals surface area contributed by atoms with E-state index in [4.69, 9.17) is 10.6 Å². The molecule has 4 aromatic rings. The molecule has 2 heterocycles. The molecule has 0 bridgehead atoms. The number of nitrogens with zero attached hydrogens (tertiary/aromatic N) is 2. The Morgan fingerprint density at radius 1 is 0.946 bits per heavy atom. The molecule has 11 heteroatoms. The predicted octanol–water partition coefficient (Wildman–Crippen LogP) is 4.01. The third-order valence-corrected chi connectivity index (χ3v) is 5.49. The van der Waals surface area contributed by atoms with Crippen molar-refractivity contribution in [1.82, 2.24) is 20.7 Å². The molecule has 0 radical (unpaired) electrons. The van der Waals surface area contributed by atoms with Crippen LogP contribution in [0.3, 0.4) is 0 Å². The molecule has 0 unspecified atom stereocenters. The summed E-state index contributed by atoms with van der Waals surface area (Å²) in [4.78, 5) is 31.8. The Morgan fingerprint density at radius 3 is 2.24 bits per heavy atom. The van der Waals surface area contributed by atoms with E-state index >= 15 is 0 Å². The topological polar surface area (TPSA) is 119 Å². The minimum atomic E-state index is -4.89. The van der Waals surface area contributed by atoms with Crippen LogP contribution in [-0.4, -0.2) is 41.1 Å². The standard InChI is InChI=1S/C26H22F3N5O3/c27-26(28,29)25(36)32-11-1-13-37-19-8-6-17(7-9-19)16-2-4-18(5-3-16)23-14-20(24(35)34-30)21-15-31-12-10-22(21)33-23/h2-10,12,14-15H,1,11,13,30H2,(H,32,36)(H,34,35). The average molecular weight is 509 g/mol. The van der Waals surface area contributed by atoms with Gasteiger partial charge < -0.3 is 10.1 Å². The van der Waals surface area contributed by atoms with Crippen molar-refractivity contribution in [1.29, 1.82) is 0 Å². The zero-order valence-corrected chi connectivity index (χ0v) is 19.4. The number of benzene rings is 2. The van der Waals surface area contributed by atoms with Crippen LogP contribution in [-0.2, 0) is 4.79 Å². The number of carbonyl (C=O) groups is 2. The third-order valence-electron chi connectivity index (χ3n) is 5.49. The highest BCUT2D eigenvalue weighted by Gasteiger charge is 2.38. The molecule has 0 aliphatic rings. The van der Waals surface area contributed by atoms with Crippen LogP contribution in [0.1, 0.15) is 16.8 Å². The molecular weight excluding hydrogens is 487 g/mol. The zero-order chi connectivity index (χ0) is 26.4. The van der Waals surface area contributed by atoms with Crippen molar-refractivity contribution in [3.8, 4) is 28.1 Å². The van der Waals surface area contributed by atoms with Crippen LogP contribution in [0.15, 0.2) is 73.1 Å². The summed E-state index contributed by atoms with van der Waals surface area (Å²) in [6.07, 6.45) is -1.48. The van der Waals surface area contributed by atoms with Gasteiger partial charge in [-0.1, -0.05) is 36.4 Å². The molecule has 0 saturated carbocycles. The Morgan fingerprint density at radius 2 is 1.59 bits per heavy atom. The van der Waals surface area contributed by atoms with Crippen LogP contribution in [0.4, 0.5) is 13.2 Å². The van der Waals surface area contributed by atoms with Crippen LogP contribution < -0.4 is 21.3 Å². The van der Waals surface area contributed by atoms with Crippen LogP contribution in [0.25, 0.3) is 33.3 Å². The molecular formula is C26H22F3N5O3. The predicted molar refractivity (Wildman–Crippen MR) is 131 cm³/mol. The van der Waals surface area contributed by atoms with Gasteiger partial charge in [-0.2, -0.15) is 13.2 Å². The van der Waals surface area contributed by atoms with Crippen LogP contribution in [0.5, 0.6) is 5.75 Å². The normalized spacial score (nSPS) is 11.2. The Balaban J connectivity index is 1.41. The van der Waals surface area contributed by atoms with Crippen molar-refractivity contribution in [2.75, 3.05) is 13.2 Å². The van der Waals surface area contributed by atoms with Gasteiger partial charge in [-0.15, -0.1) is 0 Å². The Hall–Kier alpha value is -4.51. The van der Waals surface area contributed by atoms with Crippen molar-refractivity contribution in [2.24, 2.45) is 5.84 Å². The number of fused-ring (bicyclic) bond motifs is 1. The third kappa shape index (κ3) is 6.19. The maximum absolute atomic E-state index is 12.3. The first kappa shape index (κ1) is 25.6. The lowest BCUT2D eigenvalue weighted by molar-refractivity contribution is -0.173. The summed E-state index contributed by atoms with van der Waals surface area (Å²) in [5.74, 6) is 3.50. The largest absolute Gasteiger partial charge is 0.494 e. The van der Waals surface area contributed by atoms with Crippen molar-refractivity contribution in [2.45, 2.75) is 12.6 Å². The summed E-state index contributed by atoms with van der Waals surface area (Å²) in [5.41, 5.74) is 6.43. The van der Waals surface area contributed by atoms with Crippen molar-refractivity contribution < 1.29 is 27.5 Å². The fourth-order valence-corrected chi connectivity index (χ4v) is 3.62. The minimum Gasteiger partial charge on any atom is -0.494 e. The number of halogens is 3. The van der Waals surface area contributed by atoms with Crippen molar-refractivity contribution in [3.63, 3.8) is 0 Å². The summed E-state index contributed by atoms with van der Waals surface area (Å²) >= 11 is 0. The first-order valence-corrected chi connectivity index (χ1v) is 11.2. The molecule has 4 N–H and O–H groups in total. The number of rotatable bonds is 8. The average Bonchev–Trinajstić information content (AvgIpc) is 2.91. The summed E-state index contributed by atoms with van der Waals surface area (Å²) in [5, 5.41) is 2.40. The molecule has 37 heavy (non-hydrogen) atoms. The molecule has 2 amide bonds. The summed E-state index contributed by atoms with van der Waals surface area (Å²) in [6.45, 7) is 0.0231. The lowest BCUT2D eigenvalue weighted by Gasteiger charge is -2.10. The number of hydrazine groups is 1. The SMILES string of the molecule is NNC(=O)c1cc(-c2ccc(-c3ccc(OCCCNC(=O)C(F)(F)F)cc3)cc2)nc2ccncc12. The Labute approximate surface area is 209 Å². The highest BCUT2D eigenvalue weighted by Crippen LogP contribution is 2.28. The van der Waals surface area contributed by atoms with Gasteiger partial charge in [0, 0.05) is 29.9 Å². The van der Waals surface area contributed by atoms with Gasteiger partial charge in [0.2, 0.25) is 0 Å². The van der Waals surface area contributed by atoms with Crippen LogP contribution in [0.2, 0.25) is 0 Å². The van der Waals surface area contributed by atoms with E-state index in [1.165, 1.54) is 0 Å². The second-order valence-corrected chi connectivity index (χ2v) is 7.98. The fraction of sp³-hybridized carbons (Fsp3) is 0.154. The molecule has 190 valence electrons. The quantitative estimate of drug-likeness (QED) is 0.143. The number of pyridine rings is 2. The number of aromatic nitrogens is 2. The van der Waals surface area contributed by atoms with Gasteiger partial charge in [0.05, 0.1) is 23.4 Å². The second-order valence-electron chi connectivity index (χ2n) is 7.98. The first-order chi connectivity index (χ1) is 17.8. The van der Waals surface area contributed by atoms with Crippen molar-refractivity contribution >= 4 is 22.7 Å². The first-order valence-electron chi connectivity index (χ1n) is 11.2. The number of nitrogens with one attached hydrogen (secondary N) is 2. The van der Waals surface area contributed by atoms with Gasteiger partial charge in [0.1, 0.15) is 5.75 Å². The van der Waals surface area contributed by atoms with E-state index in [0.29, 0.717) is 27.9 Å². The molecule has 2 aromatic carbocycles. The van der Waals surface area contributed by atoms with Crippen molar-refractivity contribution in [3.05, 3.63) is 78.6 Å². The van der Waals surface area contributed by atoms with E-state index in [-0.39, 0.29) is 19.6 Å². The summed E-state index contributed by atoms with van der Waals surface area (Å²) in [7, 11) is 0. The van der Waals surface area contributed by atoms with E-state index in [2.05, 4.69) is 15.4 Å². The molecule has 0 aliphatic heterocycles. The Bertz CT molecular complexity index is 1410. The number of hydrogen-bond acceptors (Lipinski definition) is 6. The molecule has 0 atom stereocenters. The van der Waals surface area contributed by atoms with E-state index in [1.54, 1.807) is 42.0 Å². The number of alkyl halides is 3. The lowest BCUT2D eigenvalue weighted by atomic mass is 10.0. The zero-order valence-electron chi connectivity index (χ0n) is 19.4. The number of amides is 2. The van der Waals surface area contributed by atoms with Crippen LogP contribution >= 0.6 is 0 Å². The molecule has 8 nitrogen and oxygen atoms in total. The highest BCUT2D eigenvalue weighted by molar-refractivity contribution is 6.06. The highest BCUT2D eigenvalue weighted by atomic mass is 19.4. The molecule has 0 fully saturated rings. The minimum absolute atomic E-state index is 0.135. The summed E-state index contributed by atoms with van der Waals surface area (Å²) in [6, 6.07) is 18.3. The van der Waals surface area contributed by atoms with Crippen LogP contribution in [0, 0.1) is 0 Å². The summed E-state index contributed by atoms with van der Waals surface area (Å²) < 4.78 is 42.0. The van der Waals surface area contributed by atoms with E-state index in [1.807, 2.05) is 36.4 Å². The van der Waals surface area contributed by atoms with Gasteiger partial charge in [-0.05, 0) is 41.8 Å². The number of carbonyl (C=O) groups excluding carboxylic acids is 2. The lowest BCUT2D eigenvalue weighted by Crippen LogP contribution is -2.37. The van der Waals surface area contributed by atoms with Gasteiger partial charge in [-0.3, -0.25) is 20.0 Å².